The minimum absolute atomic E-state index is 0.142. The third-order valence-electron chi connectivity index (χ3n) is 2.80. The molecule has 1 unspecified atom stereocenters. The highest BCUT2D eigenvalue weighted by atomic mass is 16.3. The van der Waals surface area contributed by atoms with Gasteiger partial charge in [-0.1, -0.05) is 0 Å². The lowest BCUT2D eigenvalue weighted by Gasteiger charge is -2.18. The normalized spacial score (nSPS) is 14.5. The molecule has 1 N–H and O–H groups in total. The fourth-order valence-corrected chi connectivity index (χ4v) is 1.92. The van der Waals surface area contributed by atoms with Crippen LogP contribution in [0.3, 0.4) is 0 Å². The van der Waals surface area contributed by atoms with Gasteiger partial charge in [0.1, 0.15) is 5.76 Å². The highest BCUT2D eigenvalue weighted by Gasteiger charge is 2.15. The Morgan fingerprint density at radius 2 is 1.94 bits per heavy atom. The number of aromatic nitrogens is 2. The predicted octanol–water partition coefficient (Wildman–Crippen LogP) is 2.79. The molecule has 0 aliphatic carbocycles. The lowest BCUT2D eigenvalue weighted by atomic mass is 10.1. The van der Waals surface area contributed by atoms with Crippen LogP contribution in [0.2, 0.25) is 0 Å². The second-order valence-electron chi connectivity index (χ2n) is 4.15. The Balaban J connectivity index is 2.07. The van der Waals surface area contributed by atoms with Crippen molar-refractivity contribution in [2.75, 3.05) is 0 Å². The second kappa shape index (κ2) is 5.10. The average Bonchev–Trinajstić information content (AvgIpc) is 2.82. The molecule has 90 valence electrons. The maximum atomic E-state index is 5.36. The van der Waals surface area contributed by atoms with Crippen molar-refractivity contribution in [3.8, 4) is 0 Å². The zero-order valence-electron chi connectivity index (χ0n) is 10.3. The molecule has 0 bridgehead atoms. The molecule has 0 spiro atoms. The number of furan rings is 1. The molecule has 0 aliphatic heterocycles. The quantitative estimate of drug-likeness (QED) is 0.879. The second-order valence-corrected chi connectivity index (χ2v) is 4.15. The van der Waals surface area contributed by atoms with Gasteiger partial charge >= 0.3 is 0 Å². The fraction of sp³-hybridized carbons (Fsp3) is 0.385. The van der Waals surface area contributed by atoms with Crippen molar-refractivity contribution in [3.63, 3.8) is 0 Å². The Hall–Kier alpha value is -1.68. The van der Waals surface area contributed by atoms with Crippen molar-refractivity contribution < 1.29 is 4.42 Å². The third kappa shape index (κ3) is 2.71. The molecule has 17 heavy (non-hydrogen) atoms. The molecule has 2 aromatic rings. The van der Waals surface area contributed by atoms with Crippen LogP contribution in [0, 0.1) is 6.92 Å². The Morgan fingerprint density at radius 1 is 1.18 bits per heavy atom. The van der Waals surface area contributed by atoms with Crippen molar-refractivity contribution in [1.82, 2.24) is 15.3 Å². The Morgan fingerprint density at radius 3 is 2.59 bits per heavy atom. The van der Waals surface area contributed by atoms with E-state index >= 15 is 0 Å². The molecule has 0 fully saturated rings. The molecule has 4 heteroatoms. The van der Waals surface area contributed by atoms with Gasteiger partial charge in [0.2, 0.25) is 0 Å². The van der Waals surface area contributed by atoms with Crippen LogP contribution in [0.1, 0.15) is 43.1 Å². The molecule has 2 aromatic heterocycles. The highest BCUT2D eigenvalue weighted by molar-refractivity contribution is 5.13. The molecule has 0 aromatic carbocycles. The lowest BCUT2D eigenvalue weighted by Crippen LogP contribution is -2.23. The van der Waals surface area contributed by atoms with Crippen LogP contribution >= 0.6 is 0 Å². The van der Waals surface area contributed by atoms with E-state index in [1.807, 2.05) is 19.1 Å². The van der Waals surface area contributed by atoms with Gasteiger partial charge in [-0.25, -0.2) is 0 Å². The molecule has 0 saturated carbocycles. The van der Waals surface area contributed by atoms with E-state index in [4.69, 9.17) is 4.42 Å². The number of nitrogens with zero attached hydrogens (tertiary/aromatic N) is 2. The van der Waals surface area contributed by atoms with Gasteiger partial charge in [-0.05, 0) is 32.9 Å². The van der Waals surface area contributed by atoms with Gasteiger partial charge in [0.25, 0.3) is 0 Å². The van der Waals surface area contributed by atoms with Gasteiger partial charge in [0, 0.05) is 18.4 Å². The molecule has 4 nitrogen and oxygen atoms in total. The molecule has 0 amide bonds. The van der Waals surface area contributed by atoms with E-state index in [9.17, 15) is 0 Å². The van der Waals surface area contributed by atoms with Gasteiger partial charge in [-0.2, -0.15) is 0 Å². The van der Waals surface area contributed by atoms with Gasteiger partial charge in [-0.3, -0.25) is 15.3 Å². The zero-order valence-corrected chi connectivity index (χ0v) is 10.3. The van der Waals surface area contributed by atoms with Crippen molar-refractivity contribution in [2.45, 2.75) is 32.9 Å². The minimum atomic E-state index is 0.142. The summed E-state index contributed by atoms with van der Waals surface area (Å²) in [6, 6.07) is 4.16. The highest BCUT2D eigenvalue weighted by Crippen LogP contribution is 2.19. The minimum Gasteiger partial charge on any atom is -0.468 e. The summed E-state index contributed by atoms with van der Waals surface area (Å²) in [6.07, 6.45) is 5.12. The summed E-state index contributed by atoms with van der Waals surface area (Å²) < 4.78 is 5.36. The molecule has 0 radical (unpaired) electrons. The molecular weight excluding hydrogens is 214 g/mol. The van der Waals surface area contributed by atoms with Crippen LogP contribution in [0.4, 0.5) is 0 Å². The van der Waals surface area contributed by atoms with E-state index in [1.165, 1.54) is 0 Å². The van der Waals surface area contributed by atoms with Crippen molar-refractivity contribution in [1.29, 1.82) is 0 Å². The standard InChI is InChI=1S/C13H17N3O/c1-9(12-5-4-8-17-12)16-11(3)13-10(2)14-6-7-15-13/h4-9,11,16H,1-3H3/t9-,11?/m1/s1. The van der Waals surface area contributed by atoms with Crippen LogP contribution < -0.4 is 5.32 Å². The van der Waals surface area contributed by atoms with Crippen LogP contribution in [0.25, 0.3) is 0 Å². The van der Waals surface area contributed by atoms with Crippen LogP contribution in [0.5, 0.6) is 0 Å². The third-order valence-corrected chi connectivity index (χ3v) is 2.80. The van der Waals surface area contributed by atoms with E-state index in [-0.39, 0.29) is 12.1 Å². The van der Waals surface area contributed by atoms with Crippen molar-refractivity contribution in [3.05, 3.63) is 47.9 Å². The summed E-state index contributed by atoms with van der Waals surface area (Å²) >= 11 is 0. The number of hydrogen-bond donors (Lipinski definition) is 1. The summed E-state index contributed by atoms with van der Waals surface area (Å²) in [5.74, 6) is 0.929. The van der Waals surface area contributed by atoms with Crippen molar-refractivity contribution >= 4 is 0 Å². The Bertz CT molecular complexity index is 467. The van der Waals surface area contributed by atoms with E-state index in [2.05, 4.69) is 29.1 Å². The summed E-state index contributed by atoms with van der Waals surface area (Å²) in [5.41, 5.74) is 1.94. The maximum absolute atomic E-state index is 5.36. The SMILES string of the molecule is Cc1nccnc1C(C)N[C@H](C)c1ccco1. The van der Waals surface area contributed by atoms with E-state index in [0.717, 1.165) is 17.1 Å². The van der Waals surface area contributed by atoms with E-state index in [0.29, 0.717) is 0 Å². The fourth-order valence-electron chi connectivity index (χ4n) is 1.92. The van der Waals surface area contributed by atoms with E-state index in [1.54, 1.807) is 18.7 Å². The number of hydrogen-bond acceptors (Lipinski definition) is 4. The topological polar surface area (TPSA) is 51.0 Å². The zero-order chi connectivity index (χ0) is 12.3. The first-order chi connectivity index (χ1) is 8.18. The Labute approximate surface area is 101 Å². The number of aryl methyl sites for hydroxylation is 1. The molecule has 2 heterocycles. The first-order valence-electron chi connectivity index (χ1n) is 5.75. The molecular formula is C13H17N3O. The Kier molecular flexibility index (Phi) is 3.54. The summed E-state index contributed by atoms with van der Waals surface area (Å²) in [6.45, 7) is 6.12. The number of nitrogens with one attached hydrogen (secondary N) is 1. The average molecular weight is 231 g/mol. The summed E-state index contributed by atoms with van der Waals surface area (Å²) in [7, 11) is 0. The van der Waals surface area contributed by atoms with Gasteiger partial charge in [0.15, 0.2) is 0 Å². The molecule has 2 rings (SSSR count). The largest absolute Gasteiger partial charge is 0.468 e. The first kappa shape index (κ1) is 11.8. The van der Waals surface area contributed by atoms with Gasteiger partial charge in [0.05, 0.1) is 23.7 Å². The predicted molar refractivity (Wildman–Crippen MR) is 65.4 cm³/mol. The first-order valence-corrected chi connectivity index (χ1v) is 5.75. The van der Waals surface area contributed by atoms with Gasteiger partial charge < -0.3 is 4.42 Å². The molecule has 0 aliphatic rings. The van der Waals surface area contributed by atoms with Crippen molar-refractivity contribution in [2.24, 2.45) is 0 Å². The van der Waals surface area contributed by atoms with Gasteiger partial charge in [-0.15, -0.1) is 0 Å². The number of rotatable bonds is 4. The van der Waals surface area contributed by atoms with Crippen LogP contribution in [0.15, 0.2) is 35.2 Å². The summed E-state index contributed by atoms with van der Waals surface area (Å²) in [4.78, 5) is 8.60. The van der Waals surface area contributed by atoms with E-state index < -0.39 is 0 Å². The van der Waals surface area contributed by atoms with Crippen LogP contribution in [-0.4, -0.2) is 9.97 Å². The van der Waals surface area contributed by atoms with Crippen LogP contribution in [-0.2, 0) is 0 Å². The molecule has 0 saturated heterocycles. The smallest absolute Gasteiger partial charge is 0.120 e. The lowest BCUT2D eigenvalue weighted by molar-refractivity contribution is 0.398. The summed E-state index contributed by atoms with van der Waals surface area (Å²) in [5, 5.41) is 3.44. The molecule has 2 atom stereocenters. The monoisotopic (exact) mass is 231 g/mol. The maximum Gasteiger partial charge on any atom is 0.120 e.